The van der Waals surface area contributed by atoms with E-state index >= 15 is 0 Å². The molecule has 0 spiro atoms. The van der Waals surface area contributed by atoms with Crippen LogP contribution in [0.2, 0.25) is 0 Å². The third kappa shape index (κ3) is 5.30. The zero-order valence-electron chi connectivity index (χ0n) is 21.6. The van der Waals surface area contributed by atoms with E-state index in [-0.39, 0.29) is 22.4 Å². The van der Waals surface area contributed by atoms with Gasteiger partial charge in [0.15, 0.2) is 15.7 Å². The molecule has 4 aromatic rings. The molecule has 6 heterocycles. The molecular formula is C23H20N10O5S4. The van der Waals surface area contributed by atoms with Crippen LogP contribution in [0.15, 0.2) is 56.9 Å². The second-order valence-corrected chi connectivity index (χ2v) is 12.8. The van der Waals surface area contributed by atoms with Crippen LogP contribution in [0.4, 0.5) is 5.13 Å². The van der Waals surface area contributed by atoms with Crippen molar-refractivity contribution in [1.29, 1.82) is 0 Å². The van der Waals surface area contributed by atoms with Gasteiger partial charge in [0.2, 0.25) is 11.5 Å². The Morgan fingerprint density at radius 3 is 3.00 bits per heavy atom. The first-order chi connectivity index (χ1) is 20.3. The van der Waals surface area contributed by atoms with Gasteiger partial charge in [0.1, 0.15) is 31.3 Å². The molecular weight excluding hydrogens is 625 g/mol. The van der Waals surface area contributed by atoms with Crippen LogP contribution in [-0.4, -0.2) is 82.4 Å². The van der Waals surface area contributed by atoms with E-state index in [1.807, 2.05) is 34.5 Å². The fraction of sp³-hybridized carbons (Fsp3) is 0.261. The predicted octanol–water partition coefficient (Wildman–Crippen LogP) is -0.893. The van der Waals surface area contributed by atoms with Crippen LogP contribution >= 0.6 is 46.4 Å². The summed E-state index contributed by atoms with van der Waals surface area (Å²) in [5.74, 6) is -2.19. The van der Waals surface area contributed by atoms with Crippen LogP contribution < -0.4 is 20.7 Å². The maximum atomic E-state index is 13.1. The summed E-state index contributed by atoms with van der Waals surface area (Å²) in [5, 5.41) is 24.1. The molecule has 0 radical (unpaired) electrons. The number of fused-ring (bicyclic) bond motifs is 2. The monoisotopic (exact) mass is 644 g/mol. The fourth-order valence-corrected chi connectivity index (χ4v) is 8.18. The van der Waals surface area contributed by atoms with Crippen LogP contribution in [0.1, 0.15) is 11.5 Å². The molecule has 2 aliphatic heterocycles. The molecule has 0 bridgehead atoms. The van der Waals surface area contributed by atoms with E-state index in [4.69, 9.17) is 10.6 Å². The largest absolute Gasteiger partial charge is 0.543 e. The number of aromatic nitrogens is 6. The average molecular weight is 645 g/mol. The lowest BCUT2D eigenvalue weighted by Crippen LogP contribution is -2.71. The maximum absolute atomic E-state index is 13.1. The third-order valence-electron chi connectivity index (χ3n) is 6.25. The molecule has 1 unspecified atom stereocenters. The zero-order chi connectivity index (χ0) is 29.4. The average Bonchev–Trinajstić information content (AvgIpc) is 3.73. The van der Waals surface area contributed by atoms with Gasteiger partial charge < -0.3 is 25.8 Å². The van der Waals surface area contributed by atoms with Crippen molar-refractivity contribution in [2.75, 3.05) is 24.3 Å². The number of anilines is 1. The van der Waals surface area contributed by atoms with Gasteiger partial charge in [-0.05, 0) is 11.6 Å². The number of nitrogens with one attached hydrogen (secondary N) is 1. The highest BCUT2D eigenvalue weighted by molar-refractivity contribution is 8.01. The quantitative estimate of drug-likeness (QED) is 0.0711. The minimum absolute atomic E-state index is 0.0469. The smallest absolute Gasteiger partial charge is 0.307 e. The lowest BCUT2D eigenvalue weighted by Gasteiger charge is -2.50. The summed E-state index contributed by atoms with van der Waals surface area (Å²) in [7, 11) is 1.25. The van der Waals surface area contributed by atoms with Gasteiger partial charge in [0.25, 0.3) is 11.8 Å². The minimum Gasteiger partial charge on any atom is -0.543 e. The number of oxime groups is 1. The number of nitrogens with two attached hydrogens (primary N) is 1. The Balaban J connectivity index is 1.12. The number of rotatable bonds is 10. The van der Waals surface area contributed by atoms with Crippen LogP contribution in [-0.2, 0) is 25.8 Å². The normalized spacial score (nSPS) is 18.6. The van der Waals surface area contributed by atoms with Gasteiger partial charge in [0.05, 0.1) is 23.6 Å². The molecule has 1 fully saturated rings. The first-order valence-electron chi connectivity index (χ1n) is 12.1. The highest BCUT2D eigenvalue weighted by Gasteiger charge is 2.53. The topological polar surface area (TPSA) is 197 Å². The van der Waals surface area contributed by atoms with Crippen molar-refractivity contribution in [1.82, 2.24) is 34.2 Å². The van der Waals surface area contributed by atoms with Gasteiger partial charge in [-0.15, -0.1) is 27.6 Å². The second-order valence-electron chi connectivity index (χ2n) is 8.83. The number of aliphatic carboxylic acids is 1. The Labute approximate surface area is 253 Å². The van der Waals surface area contributed by atoms with Crippen LogP contribution in [0.5, 0.6) is 0 Å². The van der Waals surface area contributed by atoms with Crippen molar-refractivity contribution in [3.63, 3.8) is 0 Å². The van der Waals surface area contributed by atoms with E-state index < -0.39 is 29.2 Å². The molecule has 2 amide bonds. The Bertz CT molecular complexity index is 1760. The number of carboxylic acids is 1. The van der Waals surface area contributed by atoms with Gasteiger partial charge in [-0.25, -0.2) is 9.55 Å². The number of hydrogen-bond donors (Lipinski definition) is 2. The number of thiazole rings is 1. The number of β-lactam (4-membered cyclic amide) rings is 1. The van der Waals surface area contributed by atoms with Crippen molar-refractivity contribution in [2.24, 2.45) is 5.16 Å². The second kappa shape index (κ2) is 11.7. The highest BCUT2D eigenvalue weighted by atomic mass is 32.2. The van der Waals surface area contributed by atoms with Crippen molar-refractivity contribution < 1.29 is 28.9 Å². The van der Waals surface area contributed by atoms with Gasteiger partial charge in [-0.2, -0.15) is 9.36 Å². The maximum Gasteiger partial charge on any atom is 0.307 e. The van der Waals surface area contributed by atoms with E-state index in [1.54, 1.807) is 10.7 Å². The predicted molar refractivity (Wildman–Crippen MR) is 152 cm³/mol. The Kier molecular flexibility index (Phi) is 7.80. The summed E-state index contributed by atoms with van der Waals surface area (Å²) in [5.41, 5.74) is 7.50. The first kappa shape index (κ1) is 28.1. The molecule has 216 valence electrons. The molecule has 0 aromatic carbocycles. The van der Waals surface area contributed by atoms with E-state index in [1.165, 1.54) is 42.0 Å². The van der Waals surface area contributed by atoms with Crippen LogP contribution in [0, 0.1) is 0 Å². The summed E-state index contributed by atoms with van der Waals surface area (Å²) in [4.78, 5) is 52.6. The van der Waals surface area contributed by atoms with Crippen molar-refractivity contribution >= 4 is 80.7 Å². The van der Waals surface area contributed by atoms with Gasteiger partial charge in [-0.1, -0.05) is 22.0 Å². The summed E-state index contributed by atoms with van der Waals surface area (Å²) >= 11 is 5.07. The molecule has 0 aliphatic carbocycles. The van der Waals surface area contributed by atoms with Gasteiger partial charge in [0, 0.05) is 34.5 Å². The van der Waals surface area contributed by atoms with Crippen molar-refractivity contribution in [3.05, 3.63) is 58.9 Å². The molecule has 0 saturated carbocycles. The SMILES string of the molecule is CO/N=C(/C(=O)N[C@@H]1C(=O)N2C(C(=O)[O-])=C(CSc3nc(C[n+]4ccn5ncccc54)cs3)CSC12)c1nsc(N)n1. The molecule has 4 aromatic heterocycles. The van der Waals surface area contributed by atoms with Crippen LogP contribution in [0.3, 0.4) is 0 Å². The minimum atomic E-state index is -1.46. The highest BCUT2D eigenvalue weighted by Crippen LogP contribution is 2.41. The Hall–Kier alpha value is -4.07. The molecule has 15 nitrogen and oxygen atoms in total. The summed E-state index contributed by atoms with van der Waals surface area (Å²) in [6, 6.07) is 2.85. The fourth-order valence-electron chi connectivity index (χ4n) is 4.42. The van der Waals surface area contributed by atoms with E-state index in [0.717, 1.165) is 32.1 Å². The van der Waals surface area contributed by atoms with Crippen molar-refractivity contribution in [2.45, 2.75) is 22.3 Å². The Morgan fingerprint density at radius 1 is 1.38 bits per heavy atom. The Morgan fingerprint density at radius 2 is 2.24 bits per heavy atom. The molecule has 1 saturated heterocycles. The standard InChI is InChI=1S/C23H20N10O5S4/c1-38-29-14(17-28-22(24)42-30-17)18(34)27-15-19(35)33-16(21(36)37)11(8-39-20(15)33)9-40-23-26-12(10-41-23)7-31-5-6-32-13(31)3-2-4-25-32/h2-6,10,15,20H,7-9H2,1H3,(H3-,24,27,28,30,34,36,37)/b29-14+/t15-,20?/m1/s1. The van der Waals surface area contributed by atoms with E-state index in [0.29, 0.717) is 23.6 Å². The van der Waals surface area contributed by atoms with Crippen molar-refractivity contribution in [3.8, 4) is 0 Å². The molecule has 3 N–H and O–H groups in total. The summed E-state index contributed by atoms with van der Waals surface area (Å²) < 4.78 is 8.53. The number of carbonyl (C=O) groups excluding carboxylic acids is 3. The van der Waals surface area contributed by atoms with Gasteiger partial charge in [-0.3, -0.25) is 14.5 Å². The lowest BCUT2D eigenvalue weighted by molar-refractivity contribution is -0.662. The van der Waals surface area contributed by atoms with Crippen LogP contribution in [0.25, 0.3) is 5.65 Å². The van der Waals surface area contributed by atoms with Gasteiger partial charge >= 0.3 is 5.65 Å². The number of carbonyl (C=O) groups is 3. The number of thioether (sulfide) groups is 2. The first-order valence-corrected chi connectivity index (χ1v) is 15.8. The third-order valence-corrected chi connectivity index (χ3v) is 10.3. The number of nitrogen functional groups attached to an aromatic ring is 1. The number of carboxylic acid groups (broad SMARTS) is 1. The molecule has 42 heavy (non-hydrogen) atoms. The zero-order valence-corrected chi connectivity index (χ0v) is 24.8. The summed E-state index contributed by atoms with van der Waals surface area (Å²) in [6.45, 7) is 0.557. The number of nitrogens with zero attached hydrogens (tertiary/aromatic N) is 8. The molecule has 19 heteroatoms. The summed E-state index contributed by atoms with van der Waals surface area (Å²) in [6.07, 6.45) is 5.51. The van der Waals surface area contributed by atoms with E-state index in [2.05, 4.69) is 29.9 Å². The molecule has 2 aliphatic rings. The number of amides is 2. The molecule has 2 atom stereocenters. The number of imidazole rings is 1. The number of hydrogen-bond acceptors (Lipinski definition) is 15. The lowest BCUT2D eigenvalue weighted by atomic mass is 10.0. The van der Waals surface area contributed by atoms with E-state index in [9.17, 15) is 19.5 Å². The molecule has 6 rings (SSSR count).